The molecule has 1 aromatic carbocycles. The number of hydrogen-bond donors (Lipinski definition) is 1. The van der Waals surface area contributed by atoms with Crippen LogP contribution < -0.4 is 10.1 Å². The van der Waals surface area contributed by atoms with Crippen LogP contribution in [0.1, 0.15) is 16.1 Å². The number of morpholine rings is 1. The maximum absolute atomic E-state index is 12.7. The number of ether oxygens (including phenoxy) is 2. The molecule has 0 bridgehead atoms. The van der Waals surface area contributed by atoms with Gasteiger partial charge in [-0.3, -0.25) is 9.78 Å². The molecule has 162 valence electrons. The number of nitrogens with one attached hydrogen (secondary N) is 1. The topological polar surface area (TPSA) is 111 Å². The molecule has 4 rings (SSSR count). The maximum atomic E-state index is 12.7. The molecule has 1 aliphatic heterocycles. The quantitative estimate of drug-likeness (QED) is 0.597. The summed E-state index contributed by atoms with van der Waals surface area (Å²) in [6, 6.07) is 13.2. The van der Waals surface area contributed by atoms with E-state index in [-0.39, 0.29) is 30.7 Å². The summed E-state index contributed by atoms with van der Waals surface area (Å²) in [5.74, 6) is 0.325. The lowest BCUT2D eigenvalue weighted by atomic mass is 10.2. The van der Waals surface area contributed by atoms with Crippen molar-refractivity contribution in [2.45, 2.75) is 11.7 Å². The minimum Gasteiger partial charge on any atom is -0.485 e. The van der Waals surface area contributed by atoms with Crippen molar-refractivity contribution in [3.8, 4) is 5.75 Å². The average molecular weight is 443 g/mol. The van der Waals surface area contributed by atoms with Crippen LogP contribution in [0.2, 0.25) is 0 Å². The predicted octanol–water partition coefficient (Wildman–Crippen LogP) is 2.53. The zero-order valence-corrected chi connectivity index (χ0v) is 17.4. The van der Waals surface area contributed by atoms with E-state index in [0.717, 1.165) is 0 Å². The van der Waals surface area contributed by atoms with Gasteiger partial charge in [-0.15, -0.1) is 0 Å². The van der Waals surface area contributed by atoms with Gasteiger partial charge < -0.3 is 19.2 Å². The van der Waals surface area contributed by atoms with Gasteiger partial charge in [-0.25, -0.2) is 8.42 Å². The van der Waals surface area contributed by atoms with Gasteiger partial charge in [0.1, 0.15) is 18.1 Å². The molecule has 9 nitrogen and oxygen atoms in total. The Hall–Kier alpha value is -3.21. The van der Waals surface area contributed by atoms with E-state index < -0.39 is 10.0 Å². The maximum Gasteiger partial charge on any atom is 0.276 e. The van der Waals surface area contributed by atoms with Crippen molar-refractivity contribution in [1.82, 2.24) is 9.29 Å². The Labute approximate surface area is 179 Å². The van der Waals surface area contributed by atoms with Gasteiger partial charge >= 0.3 is 0 Å². The van der Waals surface area contributed by atoms with E-state index in [1.165, 1.54) is 10.4 Å². The Morgan fingerprint density at radius 2 is 1.90 bits per heavy atom. The average Bonchev–Trinajstić information content (AvgIpc) is 3.29. The normalized spacial score (nSPS) is 14.8. The monoisotopic (exact) mass is 443 g/mol. The van der Waals surface area contributed by atoms with Crippen LogP contribution in [-0.2, 0) is 21.4 Å². The van der Waals surface area contributed by atoms with E-state index in [1.54, 1.807) is 54.9 Å². The van der Waals surface area contributed by atoms with Crippen LogP contribution in [0.15, 0.2) is 70.4 Å². The van der Waals surface area contributed by atoms with Crippen LogP contribution in [0, 0.1) is 0 Å². The first-order chi connectivity index (χ1) is 15.0. The zero-order valence-electron chi connectivity index (χ0n) is 16.6. The van der Waals surface area contributed by atoms with Crippen molar-refractivity contribution in [3.63, 3.8) is 0 Å². The molecule has 0 atom stereocenters. The first-order valence-electron chi connectivity index (χ1n) is 9.64. The third kappa shape index (κ3) is 4.93. The molecule has 2 aromatic heterocycles. The highest BCUT2D eigenvalue weighted by molar-refractivity contribution is 7.89. The van der Waals surface area contributed by atoms with Crippen LogP contribution in [0.4, 0.5) is 5.69 Å². The second-order valence-electron chi connectivity index (χ2n) is 6.72. The second kappa shape index (κ2) is 9.29. The lowest BCUT2D eigenvalue weighted by Gasteiger charge is -2.24. The minimum atomic E-state index is -3.72. The van der Waals surface area contributed by atoms with Crippen LogP contribution in [0.25, 0.3) is 0 Å². The van der Waals surface area contributed by atoms with E-state index in [1.807, 2.05) is 0 Å². The van der Waals surface area contributed by atoms with E-state index in [9.17, 15) is 13.2 Å². The summed E-state index contributed by atoms with van der Waals surface area (Å²) in [7, 11) is -3.72. The fraction of sp³-hybridized carbons (Fsp3) is 0.238. The van der Waals surface area contributed by atoms with Crippen molar-refractivity contribution in [2.75, 3.05) is 31.6 Å². The first-order valence-corrected chi connectivity index (χ1v) is 11.1. The van der Waals surface area contributed by atoms with Crippen molar-refractivity contribution < 1.29 is 27.1 Å². The highest BCUT2D eigenvalue weighted by Crippen LogP contribution is 2.23. The van der Waals surface area contributed by atoms with Gasteiger partial charge in [0.15, 0.2) is 0 Å². The Kier molecular flexibility index (Phi) is 6.31. The van der Waals surface area contributed by atoms with Crippen molar-refractivity contribution >= 4 is 21.6 Å². The molecule has 0 spiro atoms. The number of para-hydroxylation sites is 1. The number of anilines is 1. The summed E-state index contributed by atoms with van der Waals surface area (Å²) in [6.45, 7) is 1.25. The van der Waals surface area contributed by atoms with E-state index in [0.29, 0.717) is 36.0 Å². The summed E-state index contributed by atoms with van der Waals surface area (Å²) in [4.78, 5) is 16.6. The number of hydrogen-bond acceptors (Lipinski definition) is 7. The number of rotatable bonds is 7. The Balaban J connectivity index is 1.44. The molecule has 1 amide bonds. The van der Waals surface area contributed by atoms with Crippen LogP contribution in [0.3, 0.4) is 0 Å². The first kappa shape index (κ1) is 21.0. The summed E-state index contributed by atoms with van der Waals surface area (Å²) in [5, 5.41) is 2.61. The van der Waals surface area contributed by atoms with Gasteiger partial charge in [0, 0.05) is 19.3 Å². The highest BCUT2D eigenvalue weighted by Gasteiger charge is 2.29. The molecule has 10 heteroatoms. The smallest absolute Gasteiger partial charge is 0.276 e. The molecule has 31 heavy (non-hydrogen) atoms. The summed E-state index contributed by atoms with van der Waals surface area (Å²) >= 11 is 0. The van der Waals surface area contributed by atoms with E-state index in [4.69, 9.17) is 13.9 Å². The molecule has 3 aromatic rings. The number of nitrogens with zero attached hydrogens (tertiary/aromatic N) is 2. The largest absolute Gasteiger partial charge is 0.485 e. The Bertz CT molecular complexity index is 1140. The molecular formula is C21H21N3O6S. The van der Waals surface area contributed by atoms with Crippen LogP contribution in [-0.4, -0.2) is 49.9 Å². The van der Waals surface area contributed by atoms with Gasteiger partial charge in [-0.05, 0) is 36.4 Å². The lowest BCUT2D eigenvalue weighted by Crippen LogP contribution is -2.40. The number of pyridine rings is 1. The fourth-order valence-electron chi connectivity index (χ4n) is 3.05. The number of amides is 1. The molecule has 1 fully saturated rings. The molecule has 1 N–H and O–H groups in total. The predicted molar refractivity (Wildman–Crippen MR) is 111 cm³/mol. The molecule has 0 saturated carbocycles. The van der Waals surface area contributed by atoms with Crippen molar-refractivity contribution in [1.29, 1.82) is 0 Å². The number of carbonyl (C=O) groups is 1. The van der Waals surface area contributed by atoms with Gasteiger partial charge in [-0.2, -0.15) is 4.31 Å². The zero-order chi connectivity index (χ0) is 21.7. The summed E-state index contributed by atoms with van der Waals surface area (Å²) in [5.41, 5.74) is 0.894. The molecular weight excluding hydrogens is 422 g/mol. The third-order valence-corrected chi connectivity index (χ3v) is 6.40. The van der Waals surface area contributed by atoms with Gasteiger partial charge in [-0.1, -0.05) is 12.1 Å². The Morgan fingerprint density at radius 3 is 2.68 bits per heavy atom. The SMILES string of the molecule is O=C(Nc1cccnc1)c1ccccc1OCc1ccc(S(=O)(=O)N2CCOCC2)o1. The molecule has 1 saturated heterocycles. The van der Waals surface area contributed by atoms with Gasteiger partial charge in [0.25, 0.3) is 15.9 Å². The number of carbonyl (C=O) groups excluding carboxylic acids is 1. The second-order valence-corrected chi connectivity index (χ2v) is 8.59. The van der Waals surface area contributed by atoms with E-state index in [2.05, 4.69) is 10.3 Å². The molecule has 0 unspecified atom stereocenters. The molecule has 3 heterocycles. The van der Waals surface area contributed by atoms with Crippen LogP contribution >= 0.6 is 0 Å². The molecule has 1 aliphatic rings. The number of sulfonamides is 1. The third-order valence-electron chi connectivity index (χ3n) is 4.62. The summed E-state index contributed by atoms with van der Waals surface area (Å²) in [6.07, 6.45) is 3.16. The van der Waals surface area contributed by atoms with Crippen molar-refractivity contribution in [2.24, 2.45) is 0 Å². The number of benzene rings is 1. The standard InChI is InChI=1S/C21H21N3O6S/c25-21(23-16-4-3-9-22-14-16)18-5-1-2-6-19(18)29-15-17-7-8-20(30-17)31(26,27)24-10-12-28-13-11-24/h1-9,14H,10-13,15H2,(H,23,25). The number of furan rings is 1. The van der Waals surface area contributed by atoms with Gasteiger partial charge in [0.2, 0.25) is 5.09 Å². The molecule has 0 aliphatic carbocycles. The summed E-state index contributed by atoms with van der Waals surface area (Å²) < 4.78 is 43.1. The Morgan fingerprint density at radius 1 is 1.10 bits per heavy atom. The fourth-order valence-corrected chi connectivity index (χ4v) is 4.39. The molecule has 0 radical (unpaired) electrons. The van der Waals surface area contributed by atoms with Crippen molar-refractivity contribution in [3.05, 3.63) is 72.2 Å². The van der Waals surface area contributed by atoms with Gasteiger partial charge in [0.05, 0.1) is 30.7 Å². The van der Waals surface area contributed by atoms with Crippen LogP contribution in [0.5, 0.6) is 5.75 Å². The minimum absolute atomic E-state index is 0.0319. The highest BCUT2D eigenvalue weighted by atomic mass is 32.2. The number of aromatic nitrogens is 1. The van der Waals surface area contributed by atoms with E-state index >= 15 is 0 Å². The lowest BCUT2D eigenvalue weighted by molar-refractivity contribution is 0.0723.